The Labute approximate surface area is 165 Å². The summed E-state index contributed by atoms with van der Waals surface area (Å²) in [6.45, 7) is 0.557. The van der Waals surface area contributed by atoms with Crippen LogP contribution in [0, 0.1) is 0 Å². The summed E-state index contributed by atoms with van der Waals surface area (Å²) in [5.74, 6) is -0.277. The number of carbonyl (C=O) groups excluding carboxylic acids is 1. The fourth-order valence-electron chi connectivity index (χ4n) is 3.46. The average molecular weight is 435 g/mol. The minimum atomic E-state index is -3.14. The molecule has 3 heterocycles. The first-order valence-electron chi connectivity index (χ1n) is 8.20. The molecule has 26 heavy (non-hydrogen) atoms. The molecule has 0 unspecified atom stereocenters. The van der Waals surface area contributed by atoms with Crippen molar-refractivity contribution in [1.82, 2.24) is 0 Å². The van der Waals surface area contributed by atoms with Gasteiger partial charge in [0.1, 0.15) is 6.10 Å². The number of anilines is 1. The number of hydrogen-bond donors (Lipinski definition) is 0. The van der Waals surface area contributed by atoms with Crippen LogP contribution >= 0.6 is 35.0 Å². The van der Waals surface area contributed by atoms with Gasteiger partial charge in [-0.2, -0.15) is 4.99 Å². The van der Waals surface area contributed by atoms with E-state index in [1.54, 1.807) is 23.1 Å². The van der Waals surface area contributed by atoms with Crippen LogP contribution in [-0.4, -0.2) is 55.0 Å². The van der Waals surface area contributed by atoms with Crippen LogP contribution < -0.4 is 4.90 Å². The van der Waals surface area contributed by atoms with Crippen LogP contribution in [0.2, 0.25) is 10.0 Å². The van der Waals surface area contributed by atoms with Crippen LogP contribution in [0.4, 0.5) is 5.69 Å². The van der Waals surface area contributed by atoms with Crippen molar-refractivity contribution < 1.29 is 17.9 Å². The number of carbonyl (C=O) groups is 1. The van der Waals surface area contributed by atoms with Crippen molar-refractivity contribution in [1.29, 1.82) is 0 Å². The summed E-state index contributed by atoms with van der Waals surface area (Å²) in [7, 11) is -3.14. The molecule has 6 nitrogen and oxygen atoms in total. The second-order valence-electron chi connectivity index (χ2n) is 6.48. The lowest BCUT2D eigenvalue weighted by Crippen LogP contribution is -2.38. The molecule has 0 radical (unpaired) electrons. The number of ether oxygens (including phenoxy) is 1. The van der Waals surface area contributed by atoms with Gasteiger partial charge in [-0.25, -0.2) is 8.42 Å². The zero-order valence-electron chi connectivity index (χ0n) is 13.6. The van der Waals surface area contributed by atoms with Crippen molar-refractivity contribution in [3.8, 4) is 0 Å². The van der Waals surface area contributed by atoms with Crippen LogP contribution in [0.15, 0.2) is 23.2 Å². The third-order valence-electron chi connectivity index (χ3n) is 4.67. The first-order chi connectivity index (χ1) is 12.4. The molecule has 0 bridgehead atoms. The summed E-state index contributed by atoms with van der Waals surface area (Å²) >= 11 is 13.8. The first kappa shape index (κ1) is 18.6. The van der Waals surface area contributed by atoms with Crippen LogP contribution in [0.1, 0.15) is 12.8 Å². The quantitative estimate of drug-likeness (QED) is 0.711. The summed E-state index contributed by atoms with van der Waals surface area (Å²) in [6, 6.07) is 4.84. The minimum absolute atomic E-state index is 0.000643. The van der Waals surface area contributed by atoms with E-state index in [2.05, 4.69) is 4.99 Å². The molecule has 10 heteroatoms. The maximum Gasteiger partial charge on any atom is 0.277 e. The van der Waals surface area contributed by atoms with Crippen molar-refractivity contribution in [3.63, 3.8) is 0 Å². The van der Waals surface area contributed by atoms with Crippen LogP contribution in [-0.2, 0) is 19.4 Å². The molecule has 1 amide bonds. The zero-order valence-corrected chi connectivity index (χ0v) is 16.7. The number of rotatable bonds is 2. The SMILES string of the molecule is O=C(N=C1S[C@H]2CS(=O)(=O)C[C@@H]2N1c1cccc(Cl)c1Cl)[C@@H]1CCCO1. The normalized spacial score (nSPS) is 31.5. The van der Waals surface area contributed by atoms with Crippen molar-refractivity contribution in [2.75, 3.05) is 23.0 Å². The van der Waals surface area contributed by atoms with Crippen LogP contribution in [0.3, 0.4) is 0 Å². The van der Waals surface area contributed by atoms with Gasteiger partial charge < -0.3 is 9.64 Å². The number of amidine groups is 1. The molecule has 1 aromatic carbocycles. The number of nitrogens with zero attached hydrogens (tertiary/aromatic N) is 2. The summed E-state index contributed by atoms with van der Waals surface area (Å²) in [5.41, 5.74) is 0.565. The van der Waals surface area contributed by atoms with Gasteiger partial charge in [-0.15, -0.1) is 0 Å². The molecule has 0 aromatic heterocycles. The highest BCUT2D eigenvalue weighted by Gasteiger charge is 2.50. The van der Waals surface area contributed by atoms with E-state index in [0.29, 0.717) is 33.9 Å². The molecule has 3 atom stereocenters. The third kappa shape index (κ3) is 3.38. The van der Waals surface area contributed by atoms with E-state index in [1.165, 1.54) is 11.8 Å². The van der Waals surface area contributed by atoms with Crippen molar-refractivity contribution in [2.45, 2.75) is 30.2 Å². The maximum atomic E-state index is 12.4. The fourth-order valence-corrected chi connectivity index (χ4v) is 7.76. The second-order valence-corrected chi connectivity index (χ2v) is 10.6. The Hall–Kier alpha value is -0.800. The molecule has 0 spiro atoms. The number of hydrogen-bond acceptors (Lipinski definition) is 5. The lowest BCUT2D eigenvalue weighted by atomic mass is 10.2. The highest BCUT2D eigenvalue weighted by Crippen LogP contribution is 2.44. The Kier molecular flexibility index (Phi) is 4.98. The Morgan fingerprint density at radius 1 is 1.31 bits per heavy atom. The molecule has 3 saturated heterocycles. The monoisotopic (exact) mass is 434 g/mol. The van der Waals surface area contributed by atoms with Gasteiger partial charge in [-0.1, -0.05) is 41.0 Å². The molecule has 3 aliphatic heterocycles. The highest BCUT2D eigenvalue weighted by molar-refractivity contribution is 8.16. The van der Waals surface area contributed by atoms with E-state index in [9.17, 15) is 13.2 Å². The van der Waals surface area contributed by atoms with Gasteiger partial charge in [0, 0.05) is 11.9 Å². The van der Waals surface area contributed by atoms with Gasteiger partial charge in [0.25, 0.3) is 5.91 Å². The maximum absolute atomic E-state index is 12.4. The molecular formula is C16H16Cl2N2O4S2. The molecule has 0 saturated carbocycles. The van der Waals surface area contributed by atoms with E-state index < -0.39 is 15.9 Å². The number of thioether (sulfide) groups is 1. The molecule has 4 rings (SSSR count). The van der Waals surface area contributed by atoms with Gasteiger partial charge in [0.05, 0.1) is 33.3 Å². The Morgan fingerprint density at radius 3 is 2.85 bits per heavy atom. The number of aliphatic imine (C=N–C) groups is 1. The number of fused-ring (bicyclic) bond motifs is 1. The van der Waals surface area contributed by atoms with Gasteiger partial charge >= 0.3 is 0 Å². The smallest absolute Gasteiger partial charge is 0.277 e. The summed E-state index contributed by atoms with van der Waals surface area (Å²) in [5, 5.41) is 0.950. The van der Waals surface area contributed by atoms with Crippen LogP contribution in [0.25, 0.3) is 0 Å². The fraction of sp³-hybridized carbons (Fsp3) is 0.500. The topological polar surface area (TPSA) is 76.0 Å². The number of amides is 1. The third-order valence-corrected chi connectivity index (χ3v) is 8.69. The number of halogens is 2. The van der Waals surface area contributed by atoms with Crippen molar-refractivity contribution >= 4 is 61.6 Å². The molecule has 3 fully saturated rings. The number of sulfone groups is 1. The first-order valence-corrected chi connectivity index (χ1v) is 11.7. The molecule has 1 aromatic rings. The van der Waals surface area contributed by atoms with E-state index in [1.807, 2.05) is 0 Å². The number of benzene rings is 1. The van der Waals surface area contributed by atoms with Gasteiger partial charge in [-0.3, -0.25) is 4.79 Å². The predicted octanol–water partition coefficient (Wildman–Crippen LogP) is 2.77. The van der Waals surface area contributed by atoms with E-state index in [0.717, 1.165) is 6.42 Å². The molecule has 0 aliphatic carbocycles. The van der Waals surface area contributed by atoms with Gasteiger partial charge in [-0.05, 0) is 25.0 Å². The molecule has 3 aliphatic rings. The Bertz CT molecular complexity index is 884. The van der Waals surface area contributed by atoms with Crippen molar-refractivity contribution in [2.24, 2.45) is 4.99 Å². The van der Waals surface area contributed by atoms with Crippen LogP contribution in [0.5, 0.6) is 0 Å². The van der Waals surface area contributed by atoms with Gasteiger partial charge in [0.2, 0.25) is 0 Å². The predicted molar refractivity (Wildman–Crippen MR) is 104 cm³/mol. The summed E-state index contributed by atoms with van der Waals surface area (Å²) in [4.78, 5) is 18.5. The Balaban J connectivity index is 1.73. The largest absolute Gasteiger partial charge is 0.368 e. The molecule has 0 N–H and O–H groups in total. The van der Waals surface area contributed by atoms with Gasteiger partial charge in [0.15, 0.2) is 15.0 Å². The zero-order chi connectivity index (χ0) is 18.5. The minimum Gasteiger partial charge on any atom is -0.368 e. The standard InChI is InChI=1S/C16H16Cl2N2O4S2/c17-9-3-1-4-10(14(9)18)20-11-7-26(22,23)8-13(11)25-16(20)19-15(21)12-5-2-6-24-12/h1,3-4,11-13H,2,5-8H2/t11-,12-,13-/m0/s1. The van der Waals surface area contributed by atoms with E-state index in [4.69, 9.17) is 27.9 Å². The Morgan fingerprint density at radius 2 is 2.12 bits per heavy atom. The molecule has 140 valence electrons. The summed E-state index contributed by atoms with van der Waals surface area (Å²) in [6.07, 6.45) is 0.963. The summed E-state index contributed by atoms with van der Waals surface area (Å²) < 4.78 is 29.6. The van der Waals surface area contributed by atoms with E-state index in [-0.39, 0.29) is 28.7 Å². The van der Waals surface area contributed by atoms with Crippen molar-refractivity contribution in [3.05, 3.63) is 28.2 Å². The second kappa shape index (κ2) is 6.98. The van der Waals surface area contributed by atoms with E-state index >= 15 is 0 Å². The lowest BCUT2D eigenvalue weighted by Gasteiger charge is -2.26. The lowest BCUT2D eigenvalue weighted by molar-refractivity contribution is -0.126. The average Bonchev–Trinajstić information content (AvgIpc) is 3.25. The highest BCUT2D eigenvalue weighted by atomic mass is 35.5. The molecular weight excluding hydrogens is 419 g/mol.